The SMILES string of the molecule is CO[C@H]1C[C@@H](CN(C)S(=O)(=O)c2cccc3ncccc23)N(C)C1. The van der Waals surface area contributed by atoms with Gasteiger partial charge in [-0.3, -0.25) is 9.88 Å². The Morgan fingerprint density at radius 1 is 1.33 bits per heavy atom. The molecule has 0 amide bonds. The highest BCUT2D eigenvalue weighted by molar-refractivity contribution is 7.89. The Bertz CT molecular complexity index is 819. The molecule has 0 unspecified atom stereocenters. The number of hydrogen-bond donors (Lipinski definition) is 0. The molecule has 24 heavy (non-hydrogen) atoms. The molecule has 0 spiro atoms. The monoisotopic (exact) mass is 349 g/mol. The van der Waals surface area contributed by atoms with Crippen molar-refractivity contribution in [3.63, 3.8) is 0 Å². The predicted molar refractivity (Wildman–Crippen MR) is 93.4 cm³/mol. The number of aromatic nitrogens is 1. The van der Waals surface area contributed by atoms with Crippen molar-refractivity contribution in [2.45, 2.75) is 23.5 Å². The van der Waals surface area contributed by atoms with Crippen molar-refractivity contribution < 1.29 is 13.2 Å². The molecule has 130 valence electrons. The van der Waals surface area contributed by atoms with Crippen LogP contribution in [0.4, 0.5) is 0 Å². The van der Waals surface area contributed by atoms with E-state index in [-0.39, 0.29) is 12.1 Å². The van der Waals surface area contributed by atoms with Gasteiger partial charge in [0.2, 0.25) is 10.0 Å². The highest BCUT2D eigenvalue weighted by Gasteiger charge is 2.33. The maximum Gasteiger partial charge on any atom is 0.243 e. The Balaban J connectivity index is 1.87. The standard InChI is InChI=1S/C17H23N3O3S/c1-19-12-14(23-3)10-13(19)11-20(2)24(21,22)17-8-4-7-16-15(17)6-5-9-18-16/h4-9,13-14H,10-12H2,1-3H3/t13-,14-/m0/s1. The Labute approximate surface area is 143 Å². The molecule has 0 aliphatic carbocycles. The zero-order valence-electron chi connectivity index (χ0n) is 14.2. The summed E-state index contributed by atoms with van der Waals surface area (Å²) >= 11 is 0. The molecular weight excluding hydrogens is 326 g/mol. The van der Waals surface area contributed by atoms with Crippen LogP contribution >= 0.6 is 0 Å². The number of hydrogen-bond acceptors (Lipinski definition) is 5. The number of pyridine rings is 1. The summed E-state index contributed by atoms with van der Waals surface area (Å²) in [5, 5.41) is 0.654. The third-order valence-corrected chi connectivity index (χ3v) is 6.63. The highest BCUT2D eigenvalue weighted by Crippen LogP contribution is 2.26. The van der Waals surface area contributed by atoms with E-state index in [2.05, 4.69) is 9.88 Å². The fraction of sp³-hybridized carbons (Fsp3) is 0.471. The summed E-state index contributed by atoms with van der Waals surface area (Å²) in [7, 11) is 1.77. The fourth-order valence-electron chi connectivity index (χ4n) is 3.28. The lowest BCUT2D eigenvalue weighted by Gasteiger charge is -2.25. The summed E-state index contributed by atoms with van der Waals surface area (Å²) < 4.78 is 32.9. The number of sulfonamides is 1. The van der Waals surface area contributed by atoms with Gasteiger partial charge in [-0.2, -0.15) is 4.31 Å². The summed E-state index contributed by atoms with van der Waals surface area (Å²) in [5.41, 5.74) is 0.685. The van der Waals surface area contributed by atoms with E-state index >= 15 is 0 Å². The molecule has 1 aliphatic rings. The van der Waals surface area contributed by atoms with Crippen molar-refractivity contribution in [1.29, 1.82) is 0 Å². The molecule has 0 bridgehead atoms. The lowest BCUT2D eigenvalue weighted by molar-refractivity contribution is 0.111. The van der Waals surface area contributed by atoms with E-state index in [4.69, 9.17) is 4.74 Å². The zero-order chi connectivity index (χ0) is 17.3. The number of benzene rings is 1. The first-order valence-corrected chi connectivity index (χ1v) is 9.40. The number of likely N-dealkylation sites (N-methyl/N-ethyl adjacent to an activating group) is 2. The molecule has 0 N–H and O–H groups in total. The first-order valence-electron chi connectivity index (χ1n) is 7.96. The van der Waals surface area contributed by atoms with Crippen LogP contribution in [0.15, 0.2) is 41.4 Å². The second-order valence-electron chi connectivity index (χ2n) is 6.30. The van der Waals surface area contributed by atoms with E-state index in [1.54, 1.807) is 44.6 Å². The van der Waals surface area contributed by atoms with E-state index in [9.17, 15) is 8.42 Å². The van der Waals surface area contributed by atoms with Crippen molar-refractivity contribution in [1.82, 2.24) is 14.2 Å². The second-order valence-corrected chi connectivity index (χ2v) is 8.31. The van der Waals surface area contributed by atoms with Gasteiger partial charge in [0.1, 0.15) is 0 Å². The first-order chi connectivity index (χ1) is 11.4. The third-order valence-electron chi connectivity index (χ3n) is 4.75. The van der Waals surface area contributed by atoms with Crippen LogP contribution in [0, 0.1) is 0 Å². The molecule has 2 atom stereocenters. The Morgan fingerprint density at radius 2 is 2.12 bits per heavy atom. The zero-order valence-corrected chi connectivity index (χ0v) is 15.0. The number of ether oxygens (including phenoxy) is 1. The third kappa shape index (κ3) is 3.17. The number of fused-ring (bicyclic) bond motifs is 1. The maximum atomic E-state index is 13.0. The average molecular weight is 349 g/mol. The molecule has 2 aromatic rings. The second kappa shape index (κ2) is 6.76. The lowest BCUT2D eigenvalue weighted by atomic mass is 10.2. The van der Waals surface area contributed by atoms with Gasteiger partial charge in [-0.25, -0.2) is 8.42 Å². The van der Waals surface area contributed by atoms with Gasteiger partial charge in [-0.15, -0.1) is 0 Å². The predicted octanol–water partition coefficient (Wildman–Crippen LogP) is 1.57. The summed E-state index contributed by atoms with van der Waals surface area (Å²) in [6.45, 7) is 1.27. The molecule has 1 fully saturated rings. The molecular formula is C17H23N3O3S. The topological polar surface area (TPSA) is 62.7 Å². The van der Waals surface area contributed by atoms with Crippen molar-refractivity contribution in [3.8, 4) is 0 Å². The number of likely N-dealkylation sites (tertiary alicyclic amines) is 1. The van der Waals surface area contributed by atoms with Crippen molar-refractivity contribution in [2.75, 3.05) is 34.3 Å². The summed E-state index contributed by atoms with van der Waals surface area (Å²) in [5.74, 6) is 0. The summed E-state index contributed by atoms with van der Waals surface area (Å²) in [4.78, 5) is 6.71. The normalized spacial score (nSPS) is 22.5. The van der Waals surface area contributed by atoms with Gasteiger partial charge in [-0.05, 0) is 37.7 Å². The van der Waals surface area contributed by atoms with Gasteiger partial charge in [0.05, 0.1) is 16.5 Å². The van der Waals surface area contributed by atoms with Gasteiger partial charge in [0, 0.05) is 44.9 Å². The highest BCUT2D eigenvalue weighted by atomic mass is 32.2. The first kappa shape index (κ1) is 17.3. The molecule has 2 heterocycles. The Kier molecular flexibility index (Phi) is 4.87. The van der Waals surface area contributed by atoms with E-state index < -0.39 is 10.0 Å². The van der Waals surface area contributed by atoms with Crippen molar-refractivity contribution in [3.05, 3.63) is 36.5 Å². The number of rotatable bonds is 5. The van der Waals surface area contributed by atoms with Gasteiger partial charge in [-0.1, -0.05) is 6.07 Å². The van der Waals surface area contributed by atoms with Gasteiger partial charge in [0.15, 0.2) is 0 Å². The van der Waals surface area contributed by atoms with Crippen LogP contribution in [0.1, 0.15) is 6.42 Å². The number of methoxy groups -OCH3 is 1. The molecule has 0 radical (unpaired) electrons. The van der Waals surface area contributed by atoms with E-state index in [1.807, 2.05) is 13.1 Å². The van der Waals surface area contributed by atoms with Gasteiger partial charge in [0.25, 0.3) is 0 Å². The van der Waals surface area contributed by atoms with Crippen LogP contribution in [0.2, 0.25) is 0 Å². The number of nitrogens with zero attached hydrogens (tertiary/aromatic N) is 3. The van der Waals surface area contributed by atoms with Gasteiger partial charge >= 0.3 is 0 Å². The molecule has 0 saturated carbocycles. The smallest absolute Gasteiger partial charge is 0.243 e. The van der Waals surface area contributed by atoms with Crippen LogP contribution in [0.25, 0.3) is 10.9 Å². The van der Waals surface area contributed by atoms with Crippen molar-refractivity contribution in [2.24, 2.45) is 0 Å². The minimum atomic E-state index is -3.57. The van der Waals surface area contributed by atoms with Crippen LogP contribution in [-0.4, -0.2) is 69.0 Å². The molecule has 6 nitrogen and oxygen atoms in total. The minimum Gasteiger partial charge on any atom is -0.380 e. The van der Waals surface area contributed by atoms with Crippen LogP contribution < -0.4 is 0 Å². The van der Waals surface area contributed by atoms with E-state index in [0.717, 1.165) is 13.0 Å². The molecule has 7 heteroatoms. The fourth-order valence-corrected chi connectivity index (χ4v) is 4.68. The minimum absolute atomic E-state index is 0.155. The van der Waals surface area contributed by atoms with Crippen LogP contribution in [-0.2, 0) is 14.8 Å². The molecule has 1 aromatic carbocycles. The van der Waals surface area contributed by atoms with Crippen LogP contribution in [0.3, 0.4) is 0 Å². The largest absolute Gasteiger partial charge is 0.380 e. The van der Waals surface area contributed by atoms with Crippen molar-refractivity contribution >= 4 is 20.9 Å². The molecule has 3 rings (SSSR count). The van der Waals surface area contributed by atoms with Crippen LogP contribution in [0.5, 0.6) is 0 Å². The quantitative estimate of drug-likeness (QED) is 0.820. The molecule has 1 aliphatic heterocycles. The Hall–Kier alpha value is -1.54. The molecule has 1 saturated heterocycles. The lowest BCUT2D eigenvalue weighted by Crippen LogP contribution is -2.39. The van der Waals surface area contributed by atoms with E-state index in [0.29, 0.717) is 22.3 Å². The maximum absolute atomic E-state index is 13.0. The Morgan fingerprint density at radius 3 is 2.83 bits per heavy atom. The average Bonchev–Trinajstić information content (AvgIpc) is 2.94. The summed E-state index contributed by atoms with van der Waals surface area (Å²) in [6.07, 6.45) is 2.67. The summed E-state index contributed by atoms with van der Waals surface area (Å²) in [6, 6.07) is 8.91. The van der Waals surface area contributed by atoms with E-state index in [1.165, 1.54) is 4.31 Å². The molecule has 1 aromatic heterocycles. The van der Waals surface area contributed by atoms with Gasteiger partial charge < -0.3 is 4.74 Å².